The van der Waals surface area contributed by atoms with E-state index in [1.54, 1.807) is 34.0 Å². The standard InChI is InChI=1S/C19H22N6O3/c1-24-12-13(11-20-24)18-22-17(23-28-18)15-8-4-3-5-10-25(15)19(26)14-7-6-9-16(21-14)27-2/h6-7,9,11-12,15H,3-5,8,10H2,1-2H3. The fraction of sp³-hybridized carbons (Fsp3) is 0.421. The van der Waals surface area contributed by atoms with Crippen molar-refractivity contribution in [1.29, 1.82) is 0 Å². The van der Waals surface area contributed by atoms with Crippen molar-refractivity contribution >= 4 is 5.91 Å². The minimum Gasteiger partial charge on any atom is -0.481 e. The van der Waals surface area contributed by atoms with Crippen LogP contribution in [0.2, 0.25) is 0 Å². The van der Waals surface area contributed by atoms with Crippen LogP contribution in [0.5, 0.6) is 5.88 Å². The third-order valence-corrected chi connectivity index (χ3v) is 4.86. The fourth-order valence-corrected chi connectivity index (χ4v) is 3.43. The van der Waals surface area contributed by atoms with Crippen molar-refractivity contribution in [3.63, 3.8) is 0 Å². The number of hydrogen-bond donors (Lipinski definition) is 0. The number of amides is 1. The average molecular weight is 382 g/mol. The zero-order valence-electron chi connectivity index (χ0n) is 15.9. The molecule has 3 aromatic rings. The van der Waals surface area contributed by atoms with E-state index in [0.29, 0.717) is 29.8 Å². The Labute approximate surface area is 162 Å². The SMILES string of the molecule is COc1cccc(C(=O)N2CCCCCC2c2noc(-c3cnn(C)c3)n2)n1. The summed E-state index contributed by atoms with van der Waals surface area (Å²) in [4.78, 5) is 23.8. The highest BCUT2D eigenvalue weighted by atomic mass is 16.5. The first-order valence-electron chi connectivity index (χ1n) is 9.30. The van der Waals surface area contributed by atoms with E-state index in [-0.39, 0.29) is 11.9 Å². The summed E-state index contributed by atoms with van der Waals surface area (Å²) < 4.78 is 12.3. The second kappa shape index (κ2) is 7.79. The van der Waals surface area contributed by atoms with Gasteiger partial charge < -0.3 is 14.2 Å². The van der Waals surface area contributed by atoms with E-state index < -0.39 is 0 Å². The summed E-state index contributed by atoms with van der Waals surface area (Å²) in [6.45, 7) is 0.624. The van der Waals surface area contributed by atoms with Crippen LogP contribution in [0.25, 0.3) is 11.5 Å². The van der Waals surface area contributed by atoms with Gasteiger partial charge in [0.2, 0.25) is 5.88 Å². The van der Waals surface area contributed by atoms with Gasteiger partial charge in [-0.1, -0.05) is 24.1 Å². The highest BCUT2D eigenvalue weighted by Crippen LogP contribution is 2.31. The molecule has 0 N–H and O–H groups in total. The molecule has 0 spiro atoms. The summed E-state index contributed by atoms with van der Waals surface area (Å²) in [5.41, 5.74) is 1.10. The molecule has 9 nitrogen and oxygen atoms in total. The number of rotatable bonds is 4. The maximum Gasteiger partial charge on any atom is 0.273 e. The molecule has 1 fully saturated rings. The Morgan fingerprint density at radius 3 is 2.93 bits per heavy atom. The molecule has 4 rings (SSSR count). The molecule has 0 aliphatic carbocycles. The third-order valence-electron chi connectivity index (χ3n) is 4.86. The Kier molecular flexibility index (Phi) is 5.05. The third kappa shape index (κ3) is 3.60. The number of ether oxygens (including phenoxy) is 1. The lowest BCUT2D eigenvalue weighted by atomic mass is 10.1. The predicted octanol–water partition coefficient (Wildman–Crippen LogP) is 2.63. The normalized spacial score (nSPS) is 17.4. The molecule has 1 atom stereocenters. The minimum absolute atomic E-state index is 0.154. The smallest absolute Gasteiger partial charge is 0.273 e. The largest absolute Gasteiger partial charge is 0.481 e. The average Bonchev–Trinajstić information content (AvgIpc) is 3.30. The van der Waals surface area contributed by atoms with Crippen molar-refractivity contribution in [3.8, 4) is 17.3 Å². The Bertz CT molecular complexity index is 966. The van der Waals surface area contributed by atoms with Crippen LogP contribution >= 0.6 is 0 Å². The van der Waals surface area contributed by atoms with Crippen LogP contribution in [-0.4, -0.2) is 49.4 Å². The number of likely N-dealkylation sites (tertiary alicyclic amines) is 1. The molecular formula is C19H22N6O3. The predicted molar refractivity (Wildman–Crippen MR) is 99.5 cm³/mol. The zero-order chi connectivity index (χ0) is 19.5. The van der Waals surface area contributed by atoms with Crippen LogP contribution in [0, 0.1) is 0 Å². The molecule has 1 saturated heterocycles. The molecule has 3 aromatic heterocycles. The number of aryl methyl sites for hydroxylation is 1. The van der Waals surface area contributed by atoms with Crippen molar-refractivity contribution < 1.29 is 14.1 Å². The molecule has 9 heteroatoms. The number of carbonyl (C=O) groups excluding carboxylic acids is 1. The molecule has 1 aliphatic heterocycles. The number of nitrogens with zero attached hydrogens (tertiary/aromatic N) is 6. The first-order chi connectivity index (χ1) is 13.7. The van der Waals surface area contributed by atoms with Crippen LogP contribution in [0.1, 0.15) is 48.0 Å². The Morgan fingerprint density at radius 1 is 1.25 bits per heavy atom. The summed E-state index contributed by atoms with van der Waals surface area (Å²) in [6, 6.07) is 4.93. The number of carbonyl (C=O) groups is 1. The summed E-state index contributed by atoms with van der Waals surface area (Å²) >= 11 is 0. The summed E-state index contributed by atoms with van der Waals surface area (Å²) in [6.07, 6.45) is 7.25. The number of methoxy groups -OCH3 is 1. The van der Waals surface area contributed by atoms with E-state index in [4.69, 9.17) is 9.26 Å². The number of pyridine rings is 1. The van der Waals surface area contributed by atoms with Gasteiger partial charge in [0.05, 0.1) is 24.9 Å². The first-order valence-corrected chi connectivity index (χ1v) is 9.30. The van der Waals surface area contributed by atoms with Gasteiger partial charge in [0.1, 0.15) is 5.69 Å². The zero-order valence-corrected chi connectivity index (χ0v) is 15.9. The van der Waals surface area contributed by atoms with Gasteiger partial charge in [-0.25, -0.2) is 4.98 Å². The highest BCUT2D eigenvalue weighted by molar-refractivity contribution is 5.92. The summed E-state index contributed by atoms with van der Waals surface area (Å²) in [7, 11) is 3.36. The maximum atomic E-state index is 13.2. The highest BCUT2D eigenvalue weighted by Gasteiger charge is 2.32. The lowest BCUT2D eigenvalue weighted by Crippen LogP contribution is -2.35. The topological polar surface area (TPSA) is 99.2 Å². The quantitative estimate of drug-likeness (QED) is 0.684. The van der Waals surface area contributed by atoms with Gasteiger partial charge in [0.15, 0.2) is 5.82 Å². The Morgan fingerprint density at radius 2 is 2.14 bits per heavy atom. The number of aromatic nitrogens is 5. The molecule has 1 amide bonds. The fourth-order valence-electron chi connectivity index (χ4n) is 3.43. The van der Waals surface area contributed by atoms with Crippen LogP contribution in [-0.2, 0) is 7.05 Å². The van der Waals surface area contributed by atoms with Crippen molar-refractivity contribution in [3.05, 3.63) is 42.1 Å². The molecular weight excluding hydrogens is 360 g/mol. The van der Waals surface area contributed by atoms with Gasteiger partial charge in [-0.3, -0.25) is 9.48 Å². The summed E-state index contributed by atoms with van der Waals surface area (Å²) in [5, 5.41) is 8.30. The molecule has 0 radical (unpaired) electrons. The molecule has 0 bridgehead atoms. The molecule has 28 heavy (non-hydrogen) atoms. The number of hydrogen-bond acceptors (Lipinski definition) is 7. The van der Waals surface area contributed by atoms with Gasteiger partial charge in [0, 0.05) is 25.9 Å². The van der Waals surface area contributed by atoms with Crippen LogP contribution < -0.4 is 4.74 Å². The lowest BCUT2D eigenvalue weighted by molar-refractivity contribution is 0.0663. The van der Waals surface area contributed by atoms with E-state index in [0.717, 1.165) is 31.2 Å². The molecule has 146 valence electrons. The van der Waals surface area contributed by atoms with Crippen molar-refractivity contribution in [2.24, 2.45) is 7.05 Å². The molecule has 1 unspecified atom stereocenters. The van der Waals surface area contributed by atoms with E-state index in [1.807, 2.05) is 13.2 Å². The Balaban J connectivity index is 1.63. The van der Waals surface area contributed by atoms with Crippen LogP contribution in [0.4, 0.5) is 0 Å². The van der Waals surface area contributed by atoms with Gasteiger partial charge >= 0.3 is 0 Å². The van der Waals surface area contributed by atoms with Gasteiger partial charge in [-0.2, -0.15) is 10.1 Å². The van der Waals surface area contributed by atoms with Gasteiger partial charge in [0.25, 0.3) is 11.8 Å². The van der Waals surface area contributed by atoms with Crippen LogP contribution in [0.3, 0.4) is 0 Å². The van der Waals surface area contributed by atoms with Crippen molar-refractivity contribution in [1.82, 2.24) is 29.8 Å². The Hall–Kier alpha value is -3.23. The van der Waals surface area contributed by atoms with Gasteiger partial charge in [-0.05, 0) is 18.9 Å². The maximum absolute atomic E-state index is 13.2. The molecule has 1 aliphatic rings. The summed E-state index contributed by atoms with van der Waals surface area (Å²) in [5.74, 6) is 1.17. The second-order valence-corrected chi connectivity index (χ2v) is 6.79. The van der Waals surface area contributed by atoms with E-state index >= 15 is 0 Å². The van der Waals surface area contributed by atoms with Gasteiger partial charge in [-0.15, -0.1) is 0 Å². The van der Waals surface area contributed by atoms with Crippen molar-refractivity contribution in [2.75, 3.05) is 13.7 Å². The van der Waals surface area contributed by atoms with E-state index in [1.165, 1.54) is 7.11 Å². The molecule has 4 heterocycles. The first kappa shape index (κ1) is 18.1. The lowest BCUT2D eigenvalue weighted by Gasteiger charge is -2.27. The van der Waals surface area contributed by atoms with E-state index in [9.17, 15) is 4.79 Å². The monoisotopic (exact) mass is 382 g/mol. The van der Waals surface area contributed by atoms with E-state index in [2.05, 4.69) is 20.2 Å². The van der Waals surface area contributed by atoms with Crippen molar-refractivity contribution in [2.45, 2.75) is 31.7 Å². The molecule has 0 aromatic carbocycles. The van der Waals surface area contributed by atoms with Crippen LogP contribution in [0.15, 0.2) is 35.1 Å². The second-order valence-electron chi connectivity index (χ2n) is 6.79. The molecule has 0 saturated carbocycles. The minimum atomic E-state index is -0.253.